The third kappa shape index (κ3) is 2.37. The number of halogens is 1. The highest BCUT2D eigenvalue weighted by molar-refractivity contribution is 5.89. The van der Waals surface area contributed by atoms with Gasteiger partial charge >= 0.3 is 5.97 Å². The second-order valence-corrected chi connectivity index (χ2v) is 4.47. The lowest BCUT2D eigenvalue weighted by molar-refractivity contribution is -0.139. The van der Waals surface area contributed by atoms with Gasteiger partial charge in [-0.25, -0.2) is 4.39 Å². The Balaban J connectivity index is 2.43. The number of aliphatic carboxylic acids is 1. The Hall–Kier alpha value is -1.84. The zero-order valence-electron chi connectivity index (χ0n) is 10.2. The van der Waals surface area contributed by atoms with Crippen LogP contribution in [0.5, 0.6) is 0 Å². The fourth-order valence-electron chi connectivity index (χ4n) is 2.22. The molecule has 2 aromatic rings. The van der Waals surface area contributed by atoms with Gasteiger partial charge in [-0.05, 0) is 30.2 Å². The van der Waals surface area contributed by atoms with Crippen LogP contribution in [0.4, 0.5) is 4.39 Å². The minimum atomic E-state index is -0.853. The first-order valence-electron chi connectivity index (χ1n) is 6.12. The monoisotopic (exact) mass is 249 g/mol. The molecule has 0 radical (unpaired) electrons. The molecule has 0 aliphatic rings. The van der Waals surface area contributed by atoms with Gasteiger partial charge in [0.2, 0.25) is 0 Å². The number of fused-ring (bicyclic) bond motifs is 1. The van der Waals surface area contributed by atoms with Crippen molar-refractivity contribution in [3.8, 4) is 0 Å². The van der Waals surface area contributed by atoms with Crippen molar-refractivity contribution in [1.82, 2.24) is 4.98 Å². The number of carboxylic acid groups (broad SMARTS) is 1. The Labute approximate surface area is 105 Å². The minimum Gasteiger partial charge on any atom is -0.481 e. The van der Waals surface area contributed by atoms with E-state index in [-0.39, 0.29) is 5.82 Å². The Morgan fingerprint density at radius 1 is 1.50 bits per heavy atom. The highest BCUT2D eigenvalue weighted by atomic mass is 19.1. The molecule has 0 bridgehead atoms. The maximum Gasteiger partial charge on any atom is 0.311 e. The molecule has 2 N–H and O–H groups in total. The van der Waals surface area contributed by atoms with Crippen LogP contribution in [0.1, 0.15) is 37.7 Å². The van der Waals surface area contributed by atoms with Gasteiger partial charge in [0.1, 0.15) is 5.82 Å². The second kappa shape index (κ2) is 5.21. The number of nitrogens with one attached hydrogen (secondary N) is 1. The first-order valence-corrected chi connectivity index (χ1v) is 6.12. The molecule has 2 rings (SSSR count). The predicted octanol–water partition coefficient (Wildman–Crippen LogP) is 3.67. The molecule has 0 spiro atoms. The van der Waals surface area contributed by atoms with Crippen molar-refractivity contribution in [2.75, 3.05) is 0 Å². The topological polar surface area (TPSA) is 53.1 Å². The highest BCUT2D eigenvalue weighted by Crippen LogP contribution is 2.30. The number of carboxylic acids is 1. The van der Waals surface area contributed by atoms with Gasteiger partial charge in [0, 0.05) is 17.1 Å². The average molecular weight is 249 g/mol. The maximum atomic E-state index is 13.2. The van der Waals surface area contributed by atoms with Gasteiger partial charge in [-0.3, -0.25) is 4.79 Å². The van der Waals surface area contributed by atoms with Gasteiger partial charge in [-0.1, -0.05) is 19.8 Å². The number of rotatable bonds is 5. The standard InChI is InChI=1S/C14H16FNO2/c1-2-3-4-10(14(17)18)12-8-16-13-6-5-9(15)7-11(12)13/h5-8,10,16H,2-4H2,1H3,(H,17,18). The van der Waals surface area contributed by atoms with Gasteiger partial charge in [-0.15, -0.1) is 0 Å². The van der Waals surface area contributed by atoms with E-state index < -0.39 is 11.9 Å². The fourth-order valence-corrected chi connectivity index (χ4v) is 2.22. The van der Waals surface area contributed by atoms with Crippen molar-refractivity contribution in [2.24, 2.45) is 0 Å². The van der Waals surface area contributed by atoms with Crippen LogP contribution in [-0.2, 0) is 4.79 Å². The van der Waals surface area contributed by atoms with Crippen molar-refractivity contribution in [3.63, 3.8) is 0 Å². The quantitative estimate of drug-likeness (QED) is 0.849. The summed E-state index contributed by atoms with van der Waals surface area (Å²) in [6.07, 6.45) is 4.05. The SMILES string of the molecule is CCCCC(C(=O)O)c1c[nH]c2ccc(F)cc12. The number of unbranched alkanes of at least 4 members (excludes halogenated alkanes) is 1. The summed E-state index contributed by atoms with van der Waals surface area (Å²) >= 11 is 0. The van der Waals surface area contributed by atoms with Crippen molar-refractivity contribution < 1.29 is 14.3 Å². The van der Waals surface area contributed by atoms with Crippen molar-refractivity contribution in [2.45, 2.75) is 32.1 Å². The van der Waals surface area contributed by atoms with E-state index in [1.807, 2.05) is 6.92 Å². The van der Waals surface area contributed by atoms with E-state index in [4.69, 9.17) is 0 Å². The van der Waals surface area contributed by atoms with Gasteiger partial charge in [0.15, 0.2) is 0 Å². The minimum absolute atomic E-state index is 0.344. The number of aromatic amines is 1. The molecule has 3 nitrogen and oxygen atoms in total. The smallest absolute Gasteiger partial charge is 0.311 e. The molecule has 96 valence electrons. The first kappa shape index (κ1) is 12.6. The molecule has 0 aliphatic heterocycles. The average Bonchev–Trinajstić information content (AvgIpc) is 2.72. The molecular formula is C14H16FNO2. The molecule has 0 aliphatic carbocycles. The summed E-state index contributed by atoms with van der Waals surface area (Å²) in [5.74, 6) is -1.77. The molecule has 1 aromatic carbocycles. The lowest BCUT2D eigenvalue weighted by Crippen LogP contribution is -2.11. The highest BCUT2D eigenvalue weighted by Gasteiger charge is 2.22. The summed E-state index contributed by atoms with van der Waals surface area (Å²) in [6.45, 7) is 2.02. The Kier molecular flexibility index (Phi) is 3.65. The summed E-state index contributed by atoms with van der Waals surface area (Å²) in [5.41, 5.74) is 1.44. The van der Waals surface area contributed by atoms with E-state index in [1.54, 1.807) is 12.3 Å². The Morgan fingerprint density at radius 2 is 2.28 bits per heavy atom. The number of benzene rings is 1. The van der Waals surface area contributed by atoms with Gasteiger partial charge < -0.3 is 10.1 Å². The molecule has 0 saturated carbocycles. The predicted molar refractivity (Wildman–Crippen MR) is 68.2 cm³/mol. The van der Waals surface area contributed by atoms with Crippen LogP contribution in [0, 0.1) is 5.82 Å². The van der Waals surface area contributed by atoms with E-state index in [1.165, 1.54) is 12.1 Å². The summed E-state index contributed by atoms with van der Waals surface area (Å²) < 4.78 is 13.2. The molecule has 1 heterocycles. The molecule has 18 heavy (non-hydrogen) atoms. The maximum absolute atomic E-state index is 13.2. The summed E-state index contributed by atoms with van der Waals surface area (Å²) in [7, 11) is 0. The summed E-state index contributed by atoms with van der Waals surface area (Å²) in [4.78, 5) is 14.3. The van der Waals surface area contributed by atoms with Crippen molar-refractivity contribution in [1.29, 1.82) is 0 Å². The summed E-state index contributed by atoms with van der Waals surface area (Å²) in [5, 5.41) is 9.96. The van der Waals surface area contributed by atoms with Gasteiger partial charge in [-0.2, -0.15) is 0 Å². The molecule has 1 aromatic heterocycles. The molecule has 1 unspecified atom stereocenters. The normalized spacial score (nSPS) is 12.8. The largest absolute Gasteiger partial charge is 0.481 e. The van der Waals surface area contributed by atoms with Crippen LogP contribution < -0.4 is 0 Å². The molecule has 0 fully saturated rings. The molecule has 0 saturated heterocycles. The summed E-state index contributed by atoms with van der Waals surface area (Å²) in [6, 6.07) is 4.39. The van der Waals surface area contributed by atoms with E-state index in [0.29, 0.717) is 17.4 Å². The third-order valence-electron chi connectivity index (χ3n) is 3.20. The third-order valence-corrected chi connectivity index (χ3v) is 3.20. The molecule has 4 heteroatoms. The van der Waals surface area contributed by atoms with Crippen LogP contribution in [-0.4, -0.2) is 16.1 Å². The molecule has 0 amide bonds. The Morgan fingerprint density at radius 3 is 2.94 bits per heavy atom. The lowest BCUT2D eigenvalue weighted by Gasteiger charge is -2.10. The number of carbonyl (C=O) groups is 1. The lowest BCUT2D eigenvalue weighted by atomic mass is 9.93. The zero-order chi connectivity index (χ0) is 13.1. The number of hydrogen-bond acceptors (Lipinski definition) is 1. The van der Waals surface area contributed by atoms with E-state index >= 15 is 0 Å². The van der Waals surface area contributed by atoms with Crippen LogP contribution >= 0.6 is 0 Å². The van der Waals surface area contributed by atoms with Crippen LogP contribution in [0.2, 0.25) is 0 Å². The van der Waals surface area contributed by atoms with Gasteiger partial charge in [0.25, 0.3) is 0 Å². The number of aromatic nitrogens is 1. The van der Waals surface area contributed by atoms with Crippen molar-refractivity contribution in [3.05, 3.63) is 35.8 Å². The molecular weight excluding hydrogens is 233 g/mol. The van der Waals surface area contributed by atoms with E-state index in [2.05, 4.69) is 4.98 Å². The molecule has 1 atom stereocenters. The second-order valence-electron chi connectivity index (χ2n) is 4.47. The van der Waals surface area contributed by atoms with Crippen molar-refractivity contribution >= 4 is 16.9 Å². The van der Waals surface area contributed by atoms with E-state index in [9.17, 15) is 14.3 Å². The first-order chi connectivity index (χ1) is 8.63. The number of hydrogen-bond donors (Lipinski definition) is 2. The van der Waals surface area contributed by atoms with Crippen LogP contribution in [0.15, 0.2) is 24.4 Å². The zero-order valence-corrected chi connectivity index (χ0v) is 10.2. The Bertz CT molecular complexity index is 562. The van der Waals surface area contributed by atoms with Gasteiger partial charge in [0.05, 0.1) is 5.92 Å². The number of H-pyrrole nitrogens is 1. The van der Waals surface area contributed by atoms with Crippen LogP contribution in [0.3, 0.4) is 0 Å². The van der Waals surface area contributed by atoms with E-state index in [0.717, 1.165) is 18.4 Å². The fraction of sp³-hybridized carbons (Fsp3) is 0.357. The van der Waals surface area contributed by atoms with Crippen LogP contribution in [0.25, 0.3) is 10.9 Å².